The second kappa shape index (κ2) is 5.00. The molecule has 0 aliphatic carbocycles. The Bertz CT molecular complexity index is 740. The van der Waals surface area contributed by atoms with Gasteiger partial charge in [0, 0.05) is 11.6 Å². The van der Waals surface area contributed by atoms with Crippen LogP contribution in [0.1, 0.15) is 5.69 Å². The van der Waals surface area contributed by atoms with Crippen molar-refractivity contribution in [1.82, 2.24) is 9.38 Å². The average Bonchev–Trinajstić information content (AvgIpc) is 2.95. The van der Waals surface area contributed by atoms with Crippen molar-refractivity contribution in [3.05, 3.63) is 46.3 Å². The number of nitrogens with zero attached hydrogens (tertiary/aromatic N) is 2. The first-order valence-corrected chi connectivity index (χ1v) is 7.12. The van der Waals surface area contributed by atoms with Gasteiger partial charge in [-0.15, -0.1) is 22.9 Å². The number of fused-ring (bicyclic) bond motifs is 1. The molecular weight excluding hydrogens is 310 g/mol. The van der Waals surface area contributed by atoms with E-state index < -0.39 is 5.82 Å². The zero-order valence-corrected chi connectivity index (χ0v) is 11.8. The van der Waals surface area contributed by atoms with Crippen LogP contribution in [0.2, 0.25) is 5.02 Å². The smallest absolute Gasteiger partial charge is 0.243 e. The molecule has 3 nitrogen and oxygen atoms in total. The van der Waals surface area contributed by atoms with Gasteiger partial charge in [-0.2, -0.15) is 4.98 Å². The molecule has 0 fully saturated rings. The molecule has 0 aliphatic heterocycles. The third kappa shape index (κ3) is 2.18. The molecule has 0 radical (unpaired) electrons. The molecule has 2 aromatic heterocycles. The van der Waals surface area contributed by atoms with Crippen LogP contribution < -0.4 is 4.74 Å². The average molecular weight is 317 g/mol. The summed E-state index contributed by atoms with van der Waals surface area (Å²) >= 11 is 13.0. The Balaban J connectivity index is 2.05. The minimum Gasteiger partial charge on any atom is -0.434 e. The van der Waals surface area contributed by atoms with E-state index in [-0.39, 0.29) is 16.7 Å². The third-order valence-corrected chi connectivity index (χ3v) is 3.88. The van der Waals surface area contributed by atoms with Gasteiger partial charge in [-0.05, 0) is 12.1 Å². The second-order valence-corrected chi connectivity index (χ2v) is 5.25. The minimum atomic E-state index is -0.610. The maximum Gasteiger partial charge on any atom is 0.243 e. The Morgan fingerprint density at radius 2 is 2.26 bits per heavy atom. The van der Waals surface area contributed by atoms with Gasteiger partial charge in [0.25, 0.3) is 0 Å². The maximum absolute atomic E-state index is 13.8. The highest BCUT2D eigenvalue weighted by Gasteiger charge is 2.16. The molecule has 0 unspecified atom stereocenters. The lowest BCUT2D eigenvalue weighted by Crippen LogP contribution is -1.93. The van der Waals surface area contributed by atoms with E-state index in [1.54, 1.807) is 6.07 Å². The Morgan fingerprint density at radius 1 is 1.42 bits per heavy atom. The fraction of sp³-hybridized carbons (Fsp3) is 0.0833. The van der Waals surface area contributed by atoms with Gasteiger partial charge in [0.1, 0.15) is 5.69 Å². The Kier molecular flexibility index (Phi) is 3.35. The molecule has 19 heavy (non-hydrogen) atoms. The number of ether oxygens (including phenoxy) is 1. The Morgan fingerprint density at radius 3 is 3.05 bits per heavy atom. The van der Waals surface area contributed by atoms with Gasteiger partial charge >= 0.3 is 0 Å². The van der Waals surface area contributed by atoms with E-state index in [4.69, 9.17) is 27.9 Å². The lowest BCUT2D eigenvalue weighted by Gasteiger charge is -2.06. The van der Waals surface area contributed by atoms with Gasteiger partial charge in [0.2, 0.25) is 5.88 Å². The van der Waals surface area contributed by atoms with Crippen LogP contribution in [-0.2, 0) is 5.88 Å². The lowest BCUT2D eigenvalue weighted by atomic mass is 10.3. The Labute approximate surface area is 122 Å². The van der Waals surface area contributed by atoms with Crippen LogP contribution in [0, 0.1) is 5.82 Å². The first kappa shape index (κ1) is 12.7. The first-order chi connectivity index (χ1) is 9.20. The van der Waals surface area contributed by atoms with Crippen LogP contribution in [0.4, 0.5) is 4.39 Å². The molecule has 0 bridgehead atoms. The summed E-state index contributed by atoms with van der Waals surface area (Å²) in [5.41, 5.74) is 0.678. The van der Waals surface area contributed by atoms with Crippen LogP contribution in [-0.4, -0.2) is 9.38 Å². The van der Waals surface area contributed by atoms with Gasteiger partial charge < -0.3 is 4.74 Å². The molecule has 0 spiro atoms. The highest BCUT2D eigenvalue weighted by Crippen LogP contribution is 2.32. The molecule has 3 rings (SSSR count). The quantitative estimate of drug-likeness (QED) is 0.654. The van der Waals surface area contributed by atoms with Crippen molar-refractivity contribution in [3.63, 3.8) is 0 Å². The van der Waals surface area contributed by atoms with Crippen molar-refractivity contribution in [2.75, 3.05) is 0 Å². The fourth-order valence-electron chi connectivity index (χ4n) is 1.68. The Hall–Kier alpha value is -1.30. The van der Waals surface area contributed by atoms with E-state index in [2.05, 4.69) is 4.98 Å². The minimum absolute atomic E-state index is 0.00550. The summed E-state index contributed by atoms with van der Waals surface area (Å²) in [7, 11) is 0. The molecule has 0 saturated heterocycles. The highest BCUT2D eigenvalue weighted by atomic mass is 35.5. The molecule has 0 saturated carbocycles. The fourth-order valence-corrected chi connectivity index (χ4v) is 2.82. The van der Waals surface area contributed by atoms with Crippen molar-refractivity contribution in [2.24, 2.45) is 0 Å². The lowest BCUT2D eigenvalue weighted by molar-refractivity contribution is 0.426. The monoisotopic (exact) mass is 316 g/mol. The van der Waals surface area contributed by atoms with Crippen molar-refractivity contribution in [3.8, 4) is 11.6 Å². The second-order valence-electron chi connectivity index (χ2n) is 3.71. The molecular formula is C12H7Cl2FN2OS. The largest absolute Gasteiger partial charge is 0.434 e. The number of alkyl halides is 1. The number of hydrogen-bond acceptors (Lipinski definition) is 3. The first-order valence-electron chi connectivity index (χ1n) is 5.33. The molecule has 0 amide bonds. The number of halogens is 3. The van der Waals surface area contributed by atoms with Crippen molar-refractivity contribution in [2.45, 2.75) is 5.88 Å². The number of benzene rings is 1. The van der Waals surface area contributed by atoms with Gasteiger partial charge in [-0.1, -0.05) is 17.7 Å². The van der Waals surface area contributed by atoms with E-state index in [1.165, 1.54) is 23.5 Å². The molecule has 7 heteroatoms. The number of imidazole rings is 1. The SMILES string of the molecule is Fc1c(Cl)cccc1Oc1nc2sccn2c1CCl. The van der Waals surface area contributed by atoms with Crippen LogP contribution >= 0.6 is 34.5 Å². The highest BCUT2D eigenvalue weighted by molar-refractivity contribution is 7.15. The van der Waals surface area contributed by atoms with E-state index in [0.29, 0.717) is 11.6 Å². The third-order valence-electron chi connectivity index (χ3n) is 2.57. The van der Waals surface area contributed by atoms with Gasteiger partial charge in [-0.25, -0.2) is 4.39 Å². The summed E-state index contributed by atoms with van der Waals surface area (Å²) < 4.78 is 21.1. The van der Waals surface area contributed by atoms with Crippen LogP contribution in [0.15, 0.2) is 29.8 Å². The van der Waals surface area contributed by atoms with E-state index in [0.717, 1.165) is 4.96 Å². The van der Waals surface area contributed by atoms with Gasteiger partial charge in [0.15, 0.2) is 16.5 Å². The zero-order chi connectivity index (χ0) is 13.4. The van der Waals surface area contributed by atoms with Crippen molar-refractivity contribution < 1.29 is 9.13 Å². The number of aromatic nitrogens is 2. The molecule has 3 aromatic rings. The molecule has 0 aliphatic rings. The molecule has 2 heterocycles. The van der Waals surface area contributed by atoms with E-state index >= 15 is 0 Å². The van der Waals surface area contributed by atoms with Crippen molar-refractivity contribution >= 4 is 39.5 Å². The van der Waals surface area contributed by atoms with Crippen LogP contribution in [0.3, 0.4) is 0 Å². The van der Waals surface area contributed by atoms with Crippen LogP contribution in [0.5, 0.6) is 11.6 Å². The summed E-state index contributed by atoms with van der Waals surface area (Å²) in [5, 5.41) is 1.90. The summed E-state index contributed by atoms with van der Waals surface area (Å²) in [6.07, 6.45) is 1.84. The normalized spacial score (nSPS) is 11.1. The van der Waals surface area contributed by atoms with Gasteiger partial charge in [0.05, 0.1) is 10.9 Å². The summed E-state index contributed by atoms with van der Waals surface area (Å²) in [6.45, 7) is 0. The number of thiazole rings is 1. The predicted molar refractivity (Wildman–Crippen MR) is 74.1 cm³/mol. The van der Waals surface area contributed by atoms with Crippen molar-refractivity contribution in [1.29, 1.82) is 0 Å². The number of rotatable bonds is 3. The summed E-state index contributed by atoms with van der Waals surface area (Å²) in [6, 6.07) is 4.56. The van der Waals surface area contributed by atoms with Gasteiger partial charge in [-0.3, -0.25) is 4.40 Å². The predicted octanol–water partition coefficient (Wildman–Crippen LogP) is 4.72. The molecule has 98 valence electrons. The van der Waals surface area contributed by atoms with E-state index in [9.17, 15) is 4.39 Å². The maximum atomic E-state index is 13.8. The molecule has 1 aromatic carbocycles. The summed E-state index contributed by atoms with van der Waals surface area (Å²) in [4.78, 5) is 5.02. The van der Waals surface area contributed by atoms with E-state index in [1.807, 2.05) is 16.0 Å². The molecule has 0 atom stereocenters. The number of hydrogen-bond donors (Lipinski definition) is 0. The summed E-state index contributed by atoms with van der Waals surface area (Å²) in [5.74, 6) is -0.0660. The molecule has 0 N–H and O–H groups in total. The zero-order valence-electron chi connectivity index (χ0n) is 9.44. The van der Waals surface area contributed by atoms with Crippen LogP contribution in [0.25, 0.3) is 4.96 Å². The standard InChI is InChI=1S/C12H7Cl2FN2OS/c13-6-8-11(16-12-17(8)4-5-19-12)18-9-3-1-2-7(14)10(9)15/h1-5H,6H2. The topological polar surface area (TPSA) is 26.5 Å².